The number of rotatable bonds is 7. The maximum Gasteiger partial charge on any atom is 0.258 e. The summed E-state index contributed by atoms with van der Waals surface area (Å²) in [5, 5.41) is 0. The number of thiazole rings is 1. The summed E-state index contributed by atoms with van der Waals surface area (Å²) in [6.45, 7) is 0.727. The van der Waals surface area contributed by atoms with Crippen molar-refractivity contribution in [2.75, 3.05) is 24.9 Å². The van der Waals surface area contributed by atoms with E-state index in [0.717, 1.165) is 33.2 Å². The largest absolute Gasteiger partial charge is 0.497 e. The Morgan fingerprint density at radius 3 is 2.74 bits per heavy atom. The Labute approximate surface area is 169 Å². The first-order valence-corrected chi connectivity index (χ1v) is 11.4. The van der Waals surface area contributed by atoms with Gasteiger partial charge in [-0.25, -0.2) is 4.39 Å². The Kier molecular flexibility index (Phi) is 6.98. The molecule has 0 aliphatic rings. The Bertz CT molecular complexity index is 996. The highest BCUT2D eigenvalue weighted by molar-refractivity contribution is 8.00. The van der Waals surface area contributed by atoms with Gasteiger partial charge in [-0.1, -0.05) is 11.3 Å². The van der Waals surface area contributed by atoms with E-state index in [2.05, 4.69) is 4.99 Å². The van der Waals surface area contributed by atoms with Gasteiger partial charge in [0.1, 0.15) is 11.6 Å². The van der Waals surface area contributed by atoms with Crippen LogP contribution in [0, 0.1) is 5.82 Å². The fourth-order valence-corrected chi connectivity index (χ4v) is 4.63. The fraction of sp³-hybridized carbons (Fsp3) is 0.263. The van der Waals surface area contributed by atoms with E-state index in [1.165, 1.54) is 35.2 Å². The lowest BCUT2D eigenvalue weighted by atomic mass is 10.3. The van der Waals surface area contributed by atoms with Gasteiger partial charge < -0.3 is 9.30 Å². The van der Waals surface area contributed by atoms with Crippen LogP contribution in [0.1, 0.15) is 0 Å². The standard InChI is InChI=1S/C19H19FN2O2S3/c1-24-14-4-6-15(7-5-14)26-12-18(23)21-19-22(9-10-25-2)16-8-3-13(20)11-17(16)27-19/h3-8,11H,9-10,12H2,1-2H3. The van der Waals surface area contributed by atoms with Crippen molar-refractivity contribution in [1.29, 1.82) is 0 Å². The topological polar surface area (TPSA) is 43.6 Å². The zero-order chi connectivity index (χ0) is 19.2. The van der Waals surface area contributed by atoms with Crippen molar-refractivity contribution in [3.05, 3.63) is 53.1 Å². The molecule has 0 atom stereocenters. The highest BCUT2D eigenvalue weighted by Crippen LogP contribution is 2.22. The number of ether oxygens (including phenoxy) is 1. The molecule has 8 heteroatoms. The summed E-state index contributed by atoms with van der Waals surface area (Å²) in [4.78, 5) is 18.3. The molecule has 4 nitrogen and oxygen atoms in total. The molecule has 27 heavy (non-hydrogen) atoms. The molecular weight excluding hydrogens is 403 g/mol. The molecule has 0 N–H and O–H groups in total. The van der Waals surface area contributed by atoms with Crippen molar-refractivity contribution in [3.8, 4) is 5.75 Å². The number of benzene rings is 2. The number of aromatic nitrogens is 1. The molecule has 3 aromatic rings. The minimum atomic E-state index is -0.284. The second kappa shape index (κ2) is 9.43. The van der Waals surface area contributed by atoms with Crippen LogP contribution in [0.3, 0.4) is 0 Å². The summed E-state index contributed by atoms with van der Waals surface area (Å²) in [5.41, 5.74) is 0.907. The second-order valence-electron chi connectivity index (χ2n) is 5.61. The minimum Gasteiger partial charge on any atom is -0.497 e. The van der Waals surface area contributed by atoms with Crippen molar-refractivity contribution < 1.29 is 13.9 Å². The van der Waals surface area contributed by atoms with Crippen LogP contribution in [0.5, 0.6) is 5.75 Å². The maximum atomic E-state index is 13.5. The van der Waals surface area contributed by atoms with Crippen LogP contribution in [0.15, 0.2) is 52.4 Å². The molecule has 0 saturated carbocycles. The van der Waals surface area contributed by atoms with Gasteiger partial charge in [-0.3, -0.25) is 4.79 Å². The number of halogens is 1. The zero-order valence-electron chi connectivity index (χ0n) is 15.0. The Morgan fingerprint density at radius 2 is 2.04 bits per heavy atom. The number of hydrogen-bond acceptors (Lipinski definition) is 5. The average Bonchev–Trinajstić information content (AvgIpc) is 3.00. The van der Waals surface area contributed by atoms with Crippen molar-refractivity contribution in [2.24, 2.45) is 4.99 Å². The SMILES string of the molecule is COc1ccc(SCC(=O)N=c2sc3cc(F)ccc3n2CCSC)cc1. The second-order valence-corrected chi connectivity index (χ2v) is 8.65. The van der Waals surface area contributed by atoms with Crippen LogP contribution < -0.4 is 9.54 Å². The summed E-state index contributed by atoms with van der Waals surface area (Å²) in [5.74, 6) is 1.43. The highest BCUT2D eigenvalue weighted by Gasteiger charge is 2.09. The smallest absolute Gasteiger partial charge is 0.258 e. The molecule has 0 spiro atoms. The summed E-state index contributed by atoms with van der Waals surface area (Å²) in [7, 11) is 1.62. The number of hydrogen-bond donors (Lipinski definition) is 0. The molecule has 0 saturated heterocycles. The molecule has 0 unspecified atom stereocenters. The Hall–Kier alpha value is -1.77. The third-order valence-corrected chi connectivity index (χ3v) is 6.43. The monoisotopic (exact) mass is 422 g/mol. The number of fused-ring (bicyclic) bond motifs is 1. The Balaban J connectivity index is 1.81. The number of amides is 1. The van der Waals surface area contributed by atoms with E-state index >= 15 is 0 Å². The first-order chi connectivity index (χ1) is 13.1. The molecule has 3 rings (SSSR count). The van der Waals surface area contributed by atoms with E-state index in [-0.39, 0.29) is 17.5 Å². The number of aryl methyl sites for hydroxylation is 1. The lowest BCUT2D eigenvalue weighted by Crippen LogP contribution is -2.18. The van der Waals surface area contributed by atoms with E-state index in [9.17, 15) is 9.18 Å². The summed E-state index contributed by atoms with van der Waals surface area (Å²) < 4.78 is 21.5. The van der Waals surface area contributed by atoms with Crippen molar-refractivity contribution >= 4 is 51.0 Å². The third kappa shape index (κ3) is 5.15. The number of carbonyl (C=O) groups excluding carboxylic acids is 1. The number of thioether (sulfide) groups is 2. The van der Waals surface area contributed by atoms with Gasteiger partial charge in [-0.15, -0.1) is 11.8 Å². The van der Waals surface area contributed by atoms with Crippen LogP contribution in [0.2, 0.25) is 0 Å². The normalized spacial score (nSPS) is 11.9. The van der Waals surface area contributed by atoms with E-state index in [1.54, 1.807) is 24.9 Å². The van der Waals surface area contributed by atoms with Crippen LogP contribution in [-0.4, -0.2) is 35.3 Å². The summed E-state index contributed by atoms with van der Waals surface area (Å²) >= 11 is 4.49. The predicted octanol–water partition coefficient (Wildman–Crippen LogP) is 4.43. The fourth-order valence-electron chi connectivity index (χ4n) is 2.49. The number of nitrogens with zero attached hydrogens (tertiary/aromatic N) is 2. The molecule has 0 fully saturated rings. The van der Waals surface area contributed by atoms with Gasteiger partial charge in [0.2, 0.25) is 0 Å². The minimum absolute atomic E-state index is 0.208. The van der Waals surface area contributed by atoms with E-state index in [4.69, 9.17) is 4.74 Å². The number of carbonyl (C=O) groups is 1. The van der Waals surface area contributed by atoms with Gasteiger partial charge in [0.05, 0.1) is 23.1 Å². The molecule has 0 bridgehead atoms. The molecule has 1 heterocycles. The molecule has 0 radical (unpaired) electrons. The zero-order valence-corrected chi connectivity index (χ0v) is 17.4. The maximum absolute atomic E-state index is 13.5. The van der Waals surface area contributed by atoms with Crippen molar-refractivity contribution in [1.82, 2.24) is 4.57 Å². The van der Waals surface area contributed by atoms with Crippen LogP contribution in [-0.2, 0) is 11.3 Å². The first kappa shape index (κ1) is 20.0. The third-order valence-electron chi connectivity index (χ3n) is 3.81. The number of methoxy groups -OCH3 is 1. The molecule has 2 aromatic carbocycles. The average molecular weight is 423 g/mol. The van der Waals surface area contributed by atoms with Gasteiger partial charge >= 0.3 is 0 Å². The van der Waals surface area contributed by atoms with Crippen molar-refractivity contribution in [3.63, 3.8) is 0 Å². The molecule has 1 amide bonds. The van der Waals surface area contributed by atoms with E-state index in [0.29, 0.717) is 4.80 Å². The van der Waals surface area contributed by atoms with Crippen molar-refractivity contribution in [2.45, 2.75) is 11.4 Å². The lowest BCUT2D eigenvalue weighted by molar-refractivity contribution is -0.115. The summed E-state index contributed by atoms with van der Waals surface area (Å²) in [6, 6.07) is 12.2. The van der Waals surface area contributed by atoms with Crippen LogP contribution in [0.25, 0.3) is 10.2 Å². The van der Waals surface area contributed by atoms with Gasteiger partial charge in [-0.2, -0.15) is 16.8 Å². The van der Waals surface area contributed by atoms with Gasteiger partial charge in [-0.05, 0) is 48.7 Å². The van der Waals surface area contributed by atoms with Crippen LogP contribution in [0.4, 0.5) is 4.39 Å². The summed E-state index contributed by atoms with van der Waals surface area (Å²) in [6.07, 6.45) is 2.03. The quantitative estimate of drug-likeness (QED) is 0.528. The van der Waals surface area contributed by atoms with E-state index in [1.807, 2.05) is 35.1 Å². The van der Waals surface area contributed by atoms with Gasteiger partial charge in [0.25, 0.3) is 5.91 Å². The van der Waals surface area contributed by atoms with E-state index < -0.39 is 0 Å². The molecule has 0 aliphatic carbocycles. The Morgan fingerprint density at radius 1 is 1.26 bits per heavy atom. The van der Waals surface area contributed by atoms with Crippen LogP contribution >= 0.6 is 34.9 Å². The molecular formula is C19H19FN2O2S3. The molecule has 1 aromatic heterocycles. The first-order valence-electron chi connectivity index (χ1n) is 8.23. The lowest BCUT2D eigenvalue weighted by Gasteiger charge is -2.04. The van der Waals surface area contributed by atoms with Gasteiger partial charge in [0.15, 0.2) is 4.80 Å². The molecule has 0 aliphatic heterocycles. The van der Waals surface area contributed by atoms with Gasteiger partial charge in [0, 0.05) is 17.2 Å². The highest BCUT2D eigenvalue weighted by atomic mass is 32.2. The predicted molar refractivity (Wildman–Crippen MR) is 112 cm³/mol. The molecule has 142 valence electrons.